The van der Waals surface area contributed by atoms with E-state index in [2.05, 4.69) is 58.9 Å². The Balaban J connectivity index is 2.44. The lowest BCUT2D eigenvalue weighted by Crippen LogP contribution is -2.15. The minimum absolute atomic E-state index is 0.203. The summed E-state index contributed by atoms with van der Waals surface area (Å²) in [4.78, 5) is 0. The fourth-order valence-corrected chi connectivity index (χ4v) is 2.72. The molecule has 88 valence electrons. The first-order valence-corrected chi connectivity index (χ1v) is 6.11. The van der Waals surface area contributed by atoms with Crippen LogP contribution in [0.1, 0.15) is 51.7 Å². The Morgan fingerprint density at radius 3 is 2.06 bits per heavy atom. The summed E-state index contributed by atoms with van der Waals surface area (Å²) in [5.41, 5.74) is 9.55. The van der Waals surface area contributed by atoms with Gasteiger partial charge in [-0.1, -0.05) is 58.9 Å². The van der Waals surface area contributed by atoms with Crippen LogP contribution < -0.4 is 5.73 Å². The molecule has 1 aromatic carbocycles. The molecule has 2 rings (SSSR count). The molecule has 0 heterocycles. The zero-order valence-corrected chi connectivity index (χ0v) is 11.0. The molecule has 2 atom stereocenters. The smallest absolute Gasteiger partial charge is 0.0172 e. The Hall–Kier alpha value is -0.820. The summed E-state index contributed by atoms with van der Waals surface area (Å²) >= 11 is 0. The van der Waals surface area contributed by atoms with E-state index < -0.39 is 0 Å². The van der Waals surface area contributed by atoms with Crippen molar-refractivity contribution in [2.24, 2.45) is 11.1 Å². The molecule has 0 saturated heterocycles. The third-order valence-electron chi connectivity index (χ3n) is 4.01. The van der Waals surface area contributed by atoms with Crippen LogP contribution in [-0.4, -0.2) is 6.04 Å². The molecule has 1 fully saturated rings. The van der Waals surface area contributed by atoms with Crippen LogP contribution in [0.5, 0.6) is 0 Å². The van der Waals surface area contributed by atoms with E-state index >= 15 is 0 Å². The van der Waals surface area contributed by atoms with Crippen molar-refractivity contribution >= 4 is 0 Å². The maximum atomic E-state index is 6.19. The maximum Gasteiger partial charge on any atom is 0.0172 e. The number of hydrogen-bond acceptors (Lipinski definition) is 1. The lowest BCUT2D eigenvalue weighted by atomic mass is 9.81. The minimum atomic E-state index is 0.203. The molecule has 1 aromatic rings. The predicted octanol–water partition coefficient (Wildman–Crippen LogP) is 3.43. The van der Waals surface area contributed by atoms with Gasteiger partial charge in [0.05, 0.1) is 0 Å². The molecule has 0 aliphatic heterocycles. The van der Waals surface area contributed by atoms with Crippen molar-refractivity contribution in [3.63, 3.8) is 0 Å². The average molecular weight is 217 g/mol. The molecule has 0 radical (unpaired) electrons. The van der Waals surface area contributed by atoms with E-state index in [0.29, 0.717) is 12.0 Å². The molecule has 0 amide bonds. The molecule has 0 aromatic heterocycles. The Morgan fingerprint density at radius 2 is 1.62 bits per heavy atom. The lowest BCUT2D eigenvalue weighted by molar-refractivity contribution is 0.566. The van der Waals surface area contributed by atoms with Gasteiger partial charge < -0.3 is 5.73 Å². The van der Waals surface area contributed by atoms with Gasteiger partial charge in [-0.3, -0.25) is 0 Å². The summed E-state index contributed by atoms with van der Waals surface area (Å²) in [6.07, 6.45) is 0. The van der Waals surface area contributed by atoms with Crippen LogP contribution in [0.3, 0.4) is 0 Å². The van der Waals surface area contributed by atoms with E-state index in [9.17, 15) is 0 Å². The van der Waals surface area contributed by atoms with Gasteiger partial charge in [0.15, 0.2) is 0 Å². The highest BCUT2D eigenvalue weighted by molar-refractivity contribution is 5.43. The van der Waals surface area contributed by atoms with Gasteiger partial charge >= 0.3 is 0 Å². The van der Waals surface area contributed by atoms with E-state index in [0.717, 1.165) is 0 Å². The van der Waals surface area contributed by atoms with E-state index in [1.807, 2.05) is 0 Å². The van der Waals surface area contributed by atoms with Gasteiger partial charge in [0.2, 0.25) is 0 Å². The van der Waals surface area contributed by atoms with Crippen molar-refractivity contribution in [1.29, 1.82) is 0 Å². The molecule has 0 bridgehead atoms. The Kier molecular flexibility index (Phi) is 2.43. The maximum absolute atomic E-state index is 6.19. The molecular weight excluding hydrogens is 194 g/mol. The molecule has 1 aliphatic rings. The second-order valence-corrected chi connectivity index (χ2v) is 6.66. The van der Waals surface area contributed by atoms with Gasteiger partial charge in [0.25, 0.3) is 0 Å². The van der Waals surface area contributed by atoms with E-state index in [4.69, 9.17) is 5.73 Å². The zero-order chi connectivity index (χ0) is 12.1. The lowest BCUT2D eigenvalue weighted by Gasteiger charge is -2.23. The van der Waals surface area contributed by atoms with Gasteiger partial charge in [-0.15, -0.1) is 0 Å². The highest BCUT2D eigenvalue weighted by Gasteiger charge is 2.56. The molecule has 1 saturated carbocycles. The normalized spacial score (nSPS) is 27.9. The molecule has 0 spiro atoms. The number of hydrogen-bond donors (Lipinski definition) is 1. The SMILES string of the molecule is CC(C)(C)c1ccccc1[C@H]1[C@H](N)C1(C)C. The van der Waals surface area contributed by atoms with Crippen LogP contribution in [0.2, 0.25) is 0 Å². The summed E-state index contributed by atoms with van der Waals surface area (Å²) in [5.74, 6) is 0.530. The predicted molar refractivity (Wildman–Crippen MR) is 69.6 cm³/mol. The third kappa shape index (κ3) is 1.67. The van der Waals surface area contributed by atoms with Crippen LogP contribution in [-0.2, 0) is 5.41 Å². The largest absolute Gasteiger partial charge is 0.327 e. The van der Waals surface area contributed by atoms with Crippen molar-refractivity contribution in [2.75, 3.05) is 0 Å². The Bertz CT molecular complexity index is 398. The van der Waals surface area contributed by atoms with Crippen LogP contribution in [0.25, 0.3) is 0 Å². The number of rotatable bonds is 1. The van der Waals surface area contributed by atoms with Crippen molar-refractivity contribution in [3.05, 3.63) is 35.4 Å². The summed E-state index contributed by atoms with van der Waals surface area (Å²) < 4.78 is 0. The van der Waals surface area contributed by atoms with Gasteiger partial charge in [-0.2, -0.15) is 0 Å². The van der Waals surface area contributed by atoms with Crippen LogP contribution in [0, 0.1) is 5.41 Å². The molecule has 1 nitrogen and oxygen atoms in total. The van der Waals surface area contributed by atoms with Crippen molar-refractivity contribution in [2.45, 2.75) is 52.0 Å². The number of nitrogens with two attached hydrogens (primary N) is 1. The fraction of sp³-hybridized carbons (Fsp3) is 0.600. The average Bonchev–Trinajstić information content (AvgIpc) is 2.65. The summed E-state index contributed by atoms with van der Waals surface area (Å²) in [5, 5.41) is 0. The van der Waals surface area contributed by atoms with Crippen molar-refractivity contribution in [1.82, 2.24) is 0 Å². The monoisotopic (exact) mass is 217 g/mol. The van der Waals surface area contributed by atoms with Gasteiger partial charge in [0, 0.05) is 12.0 Å². The first-order chi connectivity index (χ1) is 7.26. The molecule has 2 N–H and O–H groups in total. The number of benzene rings is 1. The van der Waals surface area contributed by atoms with Gasteiger partial charge in [-0.25, -0.2) is 0 Å². The van der Waals surface area contributed by atoms with Gasteiger partial charge in [-0.05, 0) is 22.0 Å². The molecule has 1 heteroatoms. The summed E-state index contributed by atoms with van der Waals surface area (Å²) in [6.45, 7) is 11.3. The standard InChI is InChI=1S/C15H23N/c1-14(2,3)11-9-7-6-8-10(11)12-13(16)15(12,4)5/h6-9,12-13H,16H2,1-5H3/t12-,13-/m0/s1. The van der Waals surface area contributed by atoms with E-state index in [1.165, 1.54) is 11.1 Å². The van der Waals surface area contributed by atoms with Gasteiger partial charge in [0.1, 0.15) is 0 Å². The van der Waals surface area contributed by atoms with E-state index in [-0.39, 0.29) is 10.8 Å². The first kappa shape index (κ1) is 11.7. The fourth-order valence-electron chi connectivity index (χ4n) is 2.72. The third-order valence-corrected chi connectivity index (χ3v) is 4.01. The van der Waals surface area contributed by atoms with Crippen molar-refractivity contribution < 1.29 is 0 Å². The minimum Gasteiger partial charge on any atom is -0.327 e. The highest BCUT2D eigenvalue weighted by atomic mass is 14.8. The van der Waals surface area contributed by atoms with Crippen molar-refractivity contribution in [3.8, 4) is 0 Å². The quantitative estimate of drug-likeness (QED) is 0.766. The molecule has 16 heavy (non-hydrogen) atoms. The van der Waals surface area contributed by atoms with Crippen LogP contribution in [0.15, 0.2) is 24.3 Å². The summed E-state index contributed by atoms with van der Waals surface area (Å²) in [7, 11) is 0. The molecular formula is C15H23N. The second kappa shape index (κ2) is 3.33. The van der Waals surface area contributed by atoms with Crippen LogP contribution >= 0.6 is 0 Å². The molecule has 1 aliphatic carbocycles. The topological polar surface area (TPSA) is 26.0 Å². The Labute approximate surface area is 99.0 Å². The van der Waals surface area contributed by atoms with Crippen LogP contribution in [0.4, 0.5) is 0 Å². The molecule has 0 unspecified atom stereocenters. The Morgan fingerprint density at radius 1 is 1.12 bits per heavy atom. The van der Waals surface area contributed by atoms with E-state index in [1.54, 1.807) is 0 Å². The second-order valence-electron chi connectivity index (χ2n) is 6.66. The summed E-state index contributed by atoms with van der Waals surface area (Å²) in [6, 6.07) is 9.07. The first-order valence-electron chi connectivity index (χ1n) is 6.11. The zero-order valence-electron chi connectivity index (χ0n) is 11.0. The highest BCUT2D eigenvalue weighted by Crippen LogP contribution is 2.58.